The summed E-state index contributed by atoms with van der Waals surface area (Å²) in [6.07, 6.45) is 2.03. The van der Waals surface area contributed by atoms with Gasteiger partial charge in [0.1, 0.15) is 0 Å². The summed E-state index contributed by atoms with van der Waals surface area (Å²) in [5, 5.41) is 25.8. The summed E-state index contributed by atoms with van der Waals surface area (Å²) < 4.78 is 0. The van der Waals surface area contributed by atoms with Crippen LogP contribution in [0.15, 0.2) is 5.10 Å². The summed E-state index contributed by atoms with van der Waals surface area (Å²) in [6, 6.07) is -0.807. The van der Waals surface area contributed by atoms with Crippen molar-refractivity contribution < 1.29 is 14.8 Å². The smallest absolute Gasteiger partial charge is 0.332 e. The van der Waals surface area contributed by atoms with Crippen LogP contribution in [0.1, 0.15) is 52.9 Å². The van der Waals surface area contributed by atoms with E-state index in [0.29, 0.717) is 31.4 Å². The molecular weight excluding hydrogens is 276 g/mol. The Kier molecular flexibility index (Phi) is 5.27. The lowest BCUT2D eigenvalue weighted by atomic mass is 9.65. The van der Waals surface area contributed by atoms with Crippen molar-refractivity contribution in [2.45, 2.75) is 64.0 Å². The molecule has 0 heterocycles. The maximum atomic E-state index is 11.5. The van der Waals surface area contributed by atoms with Crippen LogP contribution < -0.4 is 11.2 Å². The highest BCUT2D eigenvalue weighted by molar-refractivity contribution is 5.87. The van der Waals surface area contributed by atoms with Crippen molar-refractivity contribution in [1.82, 2.24) is 5.43 Å². The molecule has 1 fully saturated rings. The average Bonchev–Trinajstić information content (AvgIpc) is 2.38. The Hall–Kier alpha value is -1.70. The van der Waals surface area contributed by atoms with E-state index in [2.05, 4.69) is 10.5 Å². The van der Waals surface area contributed by atoms with Gasteiger partial charge >= 0.3 is 6.03 Å². The number of hydrazone groups is 1. The second-order valence-electron chi connectivity index (χ2n) is 6.07. The lowest BCUT2D eigenvalue weighted by molar-refractivity contribution is -0.579. The lowest BCUT2D eigenvalue weighted by Gasteiger charge is -2.43. The number of nitro groups is 1. The molecule has 1 saturated carbocycles. The normalized spacial score (nSPS) is 33.5. The Bertz CT molecular complexity index is 449. The number of primary amides is 1. The van der Waals surface area contributed by atoms with Gasteiger partial charge in [0.05, 0.1) is 5.60 Å². The molecule has 8 nitrogen and oxygen atoms in total. The molecule has 0 aromatic carbocycles. The SMILES string of the molecule is CCCC1([N+](=O)[O-])CCC(C)(O)C(/C(C)=N/NC(N)=O)C1. The zero-order valence-electron chi connectivity index (χ0n) is 12.8. The van der Waals surface area contributed by atoms with E-state index in [1.165, 1.54) is 0 Å². The van der Waals surface area contributed by atoms with Crippen molar-refractivity contribution in [3.63, 3.8) is 0 Å². The third-order valence-electron chi connectivity index (χ3n) is 4.38. The standard InChI is InChI=1S/C13H24N4O4/c1-4-5-13(17(20)21)7-6-12(3,19)10(8-13)9(2)15-16-11(14)18/h10,19H,4-8H2,1-3H3,(H3,14,16,18)/b15-9+. The number of aliphatic hydroxyl groups is 1. The first kappa shape index (κ1) is 17.4. The Labute approximate surface area is 123 Å². The molecule has 0 aromatic heterocycles. The third-order valence-corrected chi connectivity index (χ3v) is 4.38. The van der Waals surface area contributed by atoms with Crippen molar-refractivity contribution in [1.29, 1.82) is 0 Å². The van der Waals surface area contributed by atoms with Crippen LogP contribution >= 0.6 is 0 Å². The minimum Gasteiger partial charge on any atom is -0.389 e. The van der Waals surface area contributed by atoms with Gasteiger partial charge in [-0.15, -0.1) is 0 Å². The average molecular weight is 300 g/mol. The van der Waals surface area contributed by atoms with Crippen molar-refractivity contribution >= 4 is 11.7 Å². The van der Waals surface area contributed by atoms with Gasteiger partial charge in [-0.2, -0.15) is 5.10 Å². The number of rotatable bonds is 5. The summed E-state index contributed by atoms with van der Waals surface area (Å²) in [6.45, 7) is 5.19. The van der Waals surface area contributed by atoms with Crippen LogP contribution in [0.2, 0.25) is 0 Å². The van der Waals surface area contributed by atoms with Gasteiger partial charge in [-0.05, 0) is 26.7 Å². The molecule has 0 aliphatic heterocycles. The second-order valence-corrected chi connectivity index (χ2v) is 6.07. The molecule has 3 unspecified atom stereocenters. The van der Waals surface area contributed by atoms with E-state index in [4.69, 9.17) is 5.73 Å². The lowest BCUT2D eigenvalue weighted by Crippen LogP contribution is -2.54. The molecule has 1 aliphatic carbocycles. The highest BCUT2D eigenvalue weighted by atomic mass is 16.6. The Balaban J connectivity index is 3.05. The highest BCUT2D eigenvalue weighted by Gasteiger charge is 2.53. The third kappa shape index (κ3) is 3.90. The molecule has 0 radical (unpaired) electrons. The van der Waals surface area contributed by atoms with E-state index in [1.54, 1.807) is 13.8 Å². The molecule has 1 rings (SSSR count). The molecule has 8 heteroatoms. The predicted octanol–water partition coefficient (Wildman–Crippen LogP) is 1.40. The molecule has 0 bridgehead atoms. The number of nitrogens with zero attached hydrogens (tertiary/aromatic N) is 2. The fraction of sp³-hybridized carbons (Fsp3) is 0.846. The minimum atomic E-state index is -1.08. The number of urea groups is 1. The molecule has 3 atom stereocenters. The summed E-state index contributed by atoms with van der Waals surface area (Å²) in [5.74, 6) is -0.491. The zero-order valence-corrected chi connectivity index (χ0v) is 12.8. The highest BCUT2D eigenvalue weighted by Crippen LogP contribution is 2.43. The van der Waals surface area contributed by atoms with Gasteiger partial charge in [0, 0.05) is 35.8 Å². The van der Waals surface area contributed by atoms with Crippen molar-refractivity contribution in [3.05, 3.63) is 10.1 Å². The number of hydrogen-bond acceptors (Lipinski definition) is 5. The fourth-order valence-corrected chi connectivity index (χ4v) is 3.13. The number of nitrogens with one attached hydrogen (secondary N) is 1. The van der Waals surface area contributed by atoms with Crippen LogP contribution in [0, 0.1) is 16.0 Å². The maximum Gasteiger partial charge on any atom is 0.332 e. The molecule has 2 amide bonds. The van der Waals surface area contributed by atoms with Crippen LogP contribution in [0.4, 0.5) is 4.79 Å². The van der Waals surface area contributed by atoms with Crippen LogP contribution in [-0.2, 0) is 0 Å². The molecule has 4 N–H and O–H groups in total. The summed E-state index contributed by atoms with van der Waals surface area (Å²) in [7, 11) is 0. The van der Waals surface area contributed by atoms with Crippen molar-refractivity contribution in [2.24, 2.45) is 16.8 Å². The van der Waals surface area contributed by atoms with Crippen LogP contribution in [-0.4, -0.2) is 32.9 Å². The van der Waals surface area contributed by atoms with E-state index < -0.39 is 23.1 Å². The van der Waals surface area contributed by atoms with E-state index in [0.717, 1.165) is 0 Å². The molecule has 1 aliphatic rings. The fourth-order valence-electron chi connectivity index (χ4n) is 3.13. The second kappa shape index (κ2) is 6.38. The van der Waals surface area contributed by atoms with E-state index >= 15 is 0 Å². The summed E-state index contributed by atoms with van der Waals surface area (Å²) >= 11 is 0. The van der Waals surface area contributed by atoms with Gasteiger partial charge in [0.2, 0.25) is 5.54 Å². The molecule has 0 saturated heterocycles. The number of hydrogen-bond donors (Lipinski definition) is 3. The van der Waals surface area contributed by atoms with Gasteiger partial charge in [0.25, 0.3) is 0 Å². The van der Waals surface area contributed by atoms with E-state index in [1.807, 2.05) is 6.92 Å². The molecular formula is C13H24N4O4. The quantitative estimate of drug-likeness (QED) is 0.402. The number of amides is 2. The van der Waals surface area contributed by atoms with Gasteiger partial charge in [-0.1, -0.05) is 6.92 Å². The van der Waals surface area contributed by atoms with Gasteiger partial charge in [0.15, 0.2) is 0 Å². The summed E-state index contributed by atoms with van der Waals surface area (Å²) in [4.78, 5) is 22.0. The van der Waals surface area contributed by atoms with Crippen LogP contribution in [0.3, 0.4) is 0 Å². The number of nitrogens with two attached hydrogens (primary N) is 1. The molecule has 21 heavy (non-hydrogen) atoms. The zero-order chi connectivity index (χ0) is 16.3. The van der Waals surface area contributed by atoms with Crippen molar-refractivity contribution in [2.75, 3.05) is 0 Å². The van der Waals surface area contributed by atoms with Gasteiger partial charge in [-0.3, -0.25) is 10.1 Å². The Morgan fingerprint density at radius 1 is 1.57 bits per heavy atom. The van der Waals surface area contributed by atoms with Crippen LogP contribution in [0.5, 0.6) is 0 Å². The largest absolute Gasteiger partial charge is 0.389 e. The Morgan fingerprint density at radius 3 is 2.67 bits per heavy atom. The number of carbonyl (C=O) groups excluding carboxylic acids is 1. The maximum absolute atomic E-state index is 11.5. The minimum absolute atomic E-state index is 0.205. The predicted molar refractivity (Wildman–Crippen MR) is 78.4 cm³/mol. The Morgan fingerprint density at radius 2 is 2.19 bits per heavy atom. The topological polar surface area (TPSA) is 131 Å². The first-order valence-corrected chi connectivity index (χ1v) is 7.11. The monoisotopic (exact) mass is 300 g/mol. The first-order valence-electron chi connectivity index (χ1n) is 7.11. The molecule has 0 spiro atoms. The van der Waals surface area contributed by atoms with E-state index in [9.17, 15) is 20.0 Å². The molecule has 0 aromatic rings. The molecule has 120 valence electrons. The van der Waals surface area contributed by atoms with Crippen LogP contribution in [0.25, 0.3) is 0 Å². The van der Waals surface area contributed by atoms with Gasteiger partial charge < -0.3 is 10.8 Å². The van der Waals surface area contributed by atoms with Crippen molar-refractivity contribution in [3.8, 4) is 0 Å². The first-order chi connectivity index (χ1) is 9.64. The summed E-state index contributed by atoms with van der Waals surface area (Å²) in [5.41, 5.74) is 5.40. The van der Waals surface area contributed by atoms with E-state index in [-0.39, 0.29) is 11.3 Å². The number of carbonyl (C=O) groups is 1. The van der Waals surface area contributed by atoms with Gasteiger partial charge in [-0.25, -0.2) is 10.2 Å².